The van der Waals surface area contributed by atoms with Crippen LogP contribution < -0.4 is 31.9 Å². The molecule has 180 valence electrons. The Morgan fingerprint density at radius 1 is 0.552 bits per heavy atom. The zero-order valence-electron chi connectivity index (χ0n) is 21.0. The van der Waals surface area contributed by atoms with Crippen molar-refractivity contribution in [3.05, 3.63) is 0 Å². The summed E-state index contributed by atoms with van der Waals surface area (Å²) in [6, 6.07) is 0. The lowest BCUT2D eigenvalue weighted by Gasteiger charge is -2.04. The molecular weight excluding hydrogens is 428 g/mol. The molecule has 0 spiro atoms. The third kappa shape index (κ3) is 65.5. The number of quaternary nitrogens is 2. The molecule has 0 radical (unpaired) electrons. The number of hydrogen-bond donors (Lipinski definition) is 2. The Kier molecular flexibility index (Phi) is 40.7. The second kappa shape index (κ2) is 32.5. The number of rotatable bonds is 16. The zero-order chi connectivity index (χ0) is 22.0. The Labute approximate surface area is 194 Å². The molecule has 0 amide bonds. The van der Waals surface area contributed by atoms with Gasteiger partial charge in [-0.3, -0.25) is 0 Å². The van der Waals surface area contributed by atoms with E-state index in [-0.39, 0.29) is 23.4 Å². The van der Waals surface area contributed by atoms with Gasteiger partial charge in [0.05, 0.1) is 42.3 Å². The summed E-state index contributed by atoms with van der Waals surface area (Å²) < 4.78 is 0. The monoisotopic (exact) mass is 482 g/mol. The van der Waals surface area contributed by atoms with Crippen molar-refractivity contribution in [1.82, 2.24) is 0 Å². The highest BCUT2D eigenvalue weighted by Crippen LogP contribution is 2.13. The molecule has 0 rings (SSSR count). The molecule has 0 aliphatic heterocycles. The Morgan fingerprint density at radius 3 is 0.966 bits per heavy atom. The quantitative estimate of drug-likeness (QED) is 0.292. The Bertz CT molecular complexity index is 277. The predicted octanol–water partition coefficient (Wildman–Crippen LogP) is -0.477. The van der Waals surface area contributed by atoms with Crippen LogP contribution >= 0.6 is 0 Å². The average Bonchev–Trinajstić information content (AvgIpc) is 2.57. The van der Waals surface area contributed by atoms with Gasteiger partial charge in [0.15, 0.2) is 0 Å². The van der Waals surface area contributed by atoms with Gasteiger partial charge in [0.2, 0.25) is 0 Å². The lowest BCUT2D eigenvalue weighted by atomic mass is 10.0. The fraction of sp³-hybridized carbons (Fsp3) is 0.958. The highest BCUT2D eigenvalue weighted by molar-refractivity contribution is 5.63. The van der Waals surface area contributed by atoms with E-state index in [1.54, 1.807) is 0 Å². The number of halogens is 1. The van der Waals surface area contributed by atoms with Gasteiger partial charge in [0, 0.05) is 5.97 Å². The molecule has 0 aromatic rings. The maximum Gasteiger partial charge on any atom is 0.0661 e. The molecule has 5 heteroatoms. The number of unbranched alkanes of at least 4 members (excludes halogenated alkanes) is 14. The topological polar surface area (TPSA) is 49.0 Å². The predicted molar refractivity (Wildman–Crippen MR) is 122 cm³/mol. The molecule has 0 saturated heterocycles. The fourth-order valence-electron chi connectivity index (χ4n) is 2.64. The second-order valence-corrected chi connectivity index (χ2v) is 9.07. The molecule has 0 unspecified atom stereocenters. The number of carbonyl (C=O) groups is 1. The molecule has 0 aromatic carbocycles. The highest BCUT2D eigenvalue weighted by Gasteiger charge is 1.94. The van der Waals surface area contributed by atoms with E-state index in [2.05, 4.69) is 49.2 Å². The lowest BCUT2D eigenvalue weighted by Crippen LogP contribution is -3.02. The third-order valence-electron chi connectivity index (χ3n) is 3.98. The van der Waals surface area contributed by atoms with Crippen LogP contribution in [0.2, 0.25) is 0 Å². The summed E-state index contributed by atoms with van der Waals surface area (Å²) in [6.07, 6.45) is 19.9. The molecule has 0 saturated carbocycles. The number of hydrogen-bond acceptors (Lipinski definition) is 2. The maximum atomic E-state index is 10.2. The van der Waals surface area contributed by atoms with Crippen LogP contribution in [0.5, 0.6) is 0 Å². The summed E-state index contributed by atoms with van der Waals surface area (Å²) in [4.78, 5) is 13.1. The van der Waals surface area contributed by atoms with Gasteiger partial charge in [-0.1, -0.05) is 96.8 Å². The van der Waals surface area contributed by atoms with Crippen molar-refractivity contribution in [1.29, 1.82) is 0 Å². The zero-order valence-corrected chi connectivity index (χ0v) is 22.6. The molecule has 4 nitrogen and oxygen atoms in total. The van der Waals surface area contributed by atoms with Crippen molar-refractivity contribution in [2.24, 2.45) is 0 Å². The van der Waals surface area contributed by atoms with E-state index in [9.17, 15) is 9.90 Å². The summed E-state index contributed by atoms with van der Waals surface area (Å²) in [7, 11) is 12.5. The van der Waals surface area contributed by atoms with Crippen molar-refractivity contribution >= 4 is 5.97 Å². The minimum atomic E-state index is -0.903. The SMILES string of the molecule is CCCCCCCCCCCCCCCCCC(=O)[O-].C[NH+](C)C.C[NH+](C)C.[Br-]. The molecule has 0 heterocycles. The Morgan fingerprint density at radius 2 is 0.759 bits per heavy atom. The standard InChI is InChI=1S/C18H36O2.2C3H9N.BrH/c1-2-3-4-5-6-7-8-9-10-11-12-13-14-15-16-17-18(19)20;2*1-4(2)3;/h2-17H2,1H3,(H,19,20);2*1-3H3;1H. The van der Waals surface area contributed by atoms with Gasteiger partial charge >= 0.3 is 0 Å². The molecule has 29 heavy (non-hydrogen) atoms. The molecule has 0 aromatic heterocycles. The summed E-state index contributed by atoms with van der Waals surface area (Å²) in [5.41, 5.74) is 0. The number of carboxylic acids is 1. The van der Waals surface area contributed by atoms with Crippen LogP contribution in [0.3, 0.4) is 0 Å². The maximum absolute atomic E-state index is 10.2. The number of carbonyl (C=O) groups excluding carboxylic acids is 1. The summed E-state index contributed by atoms with van der Waals surface area (Å²) >= 11 is 0. The largest absolute Gasteiger partial charge is 1.00 e. The van der Waals surface area contributed by atoms with Crippen LogP contribution in [0.25, 0.3) is 0 Å². The van der Waals surface area contributed by atoms with Gasteiger partial charge in [-0.25, -0.2) is 0 Å². The van der Waals surface area contributed by atoms with Crippen molar-refractivity contribution in [2.75, 3.05) is 42.3 Å². The first-order chi connectivity index (χ1) is 13.2. The van der Waals surface area contributed by atoms with E-state index in [4.69, 9.17) is 0 Å². The minimum Gasteiger partial charge on any atom is -1.00 e. The molecule has 0 fully saturated rings. The number of nitrogens with one attached hydrogen (secondary N) is 2. The highest BCUT2D eigenvalue weighted by atomic mass is 79.9. The van der Waals surface area contributed by atoms with E-state index < -0.39 is 5.97 Å². The molecule has 0 atom stereocenters. The molecule has 0 bridgehead atoms. The summed E-state index contributed by atoms with van der Waals surface area (Å²) in [6.45, 7) is 2.27. The number of aliphatic carboxylic acids is 1. The average molecular weight is 484 g/mol. The van der Waals surface area contributed by atoms with Crippen LogP contribution in [-0.4, -0.2) is 48.3 Å². The van der Waals surface area contributed by atoms with E-state index in [1.165, 1.54) is 93.3 Å². The van der Waals surface area contributed by atoms with Crippen molar-refractivity contribution in [3.8, 4) is 0 Å². The van der Waals surface area contributed by atoms with Gasteiger partial charge in [-0.15, -0.1) is 0 Å². The van der Waals surface area contributed by atoms with Gasteiger partial charge in [-0.05, 0) is 12.8 Å². The first-order valence-electron chi connectivity index (χ1n) is 12.0. The smallest absolute Gasteiger partial charge is 0.0661 e. The van der Waals surface area contributed by atoms with E-state index >= 15 is 0 Å². The van der Waals surface area contributed by atoms with Crippen molar-refractivity contribution in [3.63, 3.8) is 0 Å². The van der Waals surface area contributed by atoms with Crippen LogP contribution in [0.1, 0.15) is 110 Å². The van der Waals surface area contributed by atoms with Gasteiger partial charge < -0.3 is 36.7 Å². The first-order valence-corrected chi connectivity index (χ1v) is 12.0. The van der Waals surface area contributed by atoms with E-state index in [0.717, 1.165) is 12.8 Å². The van der Waals surface area contributed by atoms with Crippen LogP contribution in [0, 0.1) is 0 Å². The minimum absolute atomic E-state index is 0. The Hall–Kier alpha value is -0.130. The lowest BCUT2D eigenvalue weighted by molar-refractivity contribution is -0.836. The van der Waals surface area contributed by atoms with E-state index in [1.807, 2.05) is 0 Å². The summed E-state index contributed by atoms with van der Waals surface area (Å²) in [5.74, 6) is -0.903. The molecule has 0 aliphatic carbocycles. The fourth-order valence-corrected chi connectivity index (χ4v) is 2.64. The Balaban J connectivity index is -0.000000294. The molecule has 0 aliphatic rings. The normalized spacial score (nSPS) is 9.97. The van der Waals surface area contributed by atoms with E-state index in [0.29, 0.717) is 0 Å². The van der Waals surface area contributed by atoms with Gasteiger partial charge in [0.25, 0.3) is 0 Å². The molecule has 2 N–H and O–H groups in total. The summed E-state index contributed by atoms with van der Waals surface area (Å²) in [5, 5.41) is 10.2. The number of carboxylic acid groups (broad SMARTS) is 1. The van der Waals surface area contributed by atoms with Gasteiger partial charge in [-0.2, -0.15) is 0 Å². The third-order valence-corrected chi connectivity index (χ3v) is 3.98. The van der Waals surface area contributed by atoms with Crippen LogP contribution in [0.4, 0.5) is 0 Å². The van der Waals surface area contributed by atoms with Crippen LogP contribution in [0.15, 0.2) is 0 Å². The first kappa shape index (κ1) is 36.3. The van der Waals surface area contributed by atoms with Crippen molar-refractivity contribution < 1.29 is 36.7 Å². The molecular formula is C24H55BrN2O2. The van der Waals surface area contributed by atoms with Crippen molar-refractivity contribution in [2.45, 2.75) is 110 Å². The van der Waals surface area contributed by atoms with Crippen LogP contribution in [-0.2, 0) is 4.79 Å². The second-order valence-electron chi connectivity index (χ2n) is 9.07. The van der Waals surface area contributed by atoms with Gasteiger partial charge in [0.1, 0.15) is 0 Å².